The number of para-hydroxylation sites is 2. The van der Waals surface area contributed by atoms with Crippen molar-refractivity contribution in [3.8, 4) is 5.75 Å². The topological polar surface area (TPSA) is 95.2 Å². The van der Waals surface area contributed by atoms with Gasteiger partial charge in [-0.15, -0.1) is 0 Å². The Morgan fingerprint density at radius 1 is 0.941 bits per heavy atom. The Kier molecular flexibility index (Phi) is 9.40. The van der Waals surface area contributed by atoms with Crippen LogP contribution in [0.1, 0.15) is 23.7 Å². The summed E-state index contributed by atoms with van der Waals surface area (Å²) in [7, 11) is 3.32. The van der Waals surface area contributed by atoms with Crippen LogP contribution < -0.4 is 30.5 Å². The van der Waals surface area contributed by atoms with E-state index < -0.39 is 0 Å². The van der Waals surface area contributed by atoms with Gasteiger partial charge in [0, 0.05) is 64.4 Å². The molecule has 1 aliphatic heterocycles. The van der Waals surface area contributed by atoms with Crippen LogP contribution in [0, 0.1) is 0 Å². The quantitative estimate of drug-likeness (QED) is 0.463. The van der Waals surface area contributed by atoms with Crippen molar-refractivity contribution in [1.82, 2.24) is 10.6 Å². The van der Waals surface area contributed by atoms with Gasteiger partial charge in [-0.3, -0.25) is 4.79 Å². The molecular weight excluding hydrogens is 434 g/mol. The lowest BCUT2D eigenvalue weighted by Crippen LogP contribution is -2.47. The van der Waals surface area contributed by atoms with E-state index in [1.807, 2.05) is 37.3 Å². The second-order valence-electron chi connectivity index (χ2n) is 7.96. The maximum absolute atomic E-state index is 13.1. The van der Waals surface area contributed by atoms with Gasteiger partial charge in [0.25, 0.3) is 5.91 Å². The van der Waals surface area contributed by atoms with E-state index in [0.717, 1.165) is 49.7 Å². The lowest BCUT2D eigenvalue weighted by atomic mass is 10.1. The molecule has 1 heterocycles. The molecule has 184 valence electrons. The normalized spacial score (nSPS) is 13.4. The number of carbonyl (C=O) groups excluding carboxylic acids is 2. The number of piperazine rings is 1. The summed E-state index contributed by atoms with van der Waals surface area (Å²) in [6.07, 6.45) is 0.728. The minimum absolute atomic E-state index is 0.169. The fraction of sp³-hybridized carbons (Fsp3) is 0.440. The third-order valence-corrected chi connectivity index (χ3v) is 5.69. The van der Waals surface area contributed by atoms with Gasteiger partial charge in [-0.2, -0.15) is 0 Å². The number of carbonyl (C=O) groups is 2. The van der Waals surface area contributed by atoms with E-state index in [-0.39, 0.29) is 11.9 Å². The van der Waals surface area contributed by atoms with Crippen molar-refractivity contribution in [2.45, 2.75) is 13.3 Å². The molecule has 0 atom stereocenters. The van der Waals surface area contributed by atoms with Gasteiger partial charge in [-0.1, -0.05) is 12.1 Å². The standard InChI is InChI=1S/C25H35N5O4/c1-4-26-25(32)28-19-10-11-21(20(18-19)24(31)27-12-7-17-33-2)29-13-15-30(16-14-29)22-8-5-6-9-23(22)34-3/h5-6,8-11,18H,4,7,12-17H2,1-3H3,(H,27,31)(H2,26,28,32). The largest absolute Gasteiger partial charge is 0.495 e. The summed E-state index contributed by atoms with van der Waals surface area (Å²) in [6.45, 7) is 6.58. The average molecular weight is 470 g/mol. The molecule has 1 fully saturated rings. The number of hydrogen-bond acceptors (Lipinski definition) is 6. The molecule has 2 aromatic carbocycles. The molecule has 0 radical (unpaired) electrons. The van der Waals surface area contributed by atoms with Gasteiger partial charge < -0.3 is 35.2 Å². The second-order valence-corrected chi connectivity index (χ2v) is 7.96. The Morgan fingerprint density at radius 3 is 2.32 bits per heavy atom. The molecule has 0 spiro atoms. The Morgan fingerprint density at radius 2 is 1.65 bits per heavy atom. The van der Waals surface area contributed by atoms with Crippen LogP contribution in [0.2, 0.25) is 0 Å². The highest BCUT2D eigenvalue weighted by atomic mass is 16.5. The van der Waals surface area contributed by atoms with E-state index in [9.17, 15) is 9.59 Å². The number of methoxy groups -OCH3 is 2. The van der Waals surface area contributed by atoms with Gasteiger partial charge in [0.05, 0.1) is 18.4 Å². The molecule has 1 saturated heterocycles. The minimum atomic E-state index is -0.299. The van der Waals surface area contributed by atoms with Crippen molar-refractivity contribution in [2.75, 3.05) is 75.2 Å². The zero-order valence-electron chi connectivity index (χ0n) is 20.2. The maximum atomic E-state index is 13.1. The minimum Gasteiger partial charge on any atom is -0.495 e. The Balaban J connectivity index is 1.76. The number of urea groups is 1. The highest BCUT2D eigenvalue weighted by Gasteiger charge is 2.23. The molecular formula is C25H35N5O4. The third-order valence-electron chi connectivity index (χ3n) is 5.69. The predicted molar refractivity (Wildman–Crippen MR) is 135 cm³/mol. The molecule has 1 aliphatic rings. The highest BCUT2D eigenvalue weighted by Crippen LogP contribution is 2.31. The van der Waals surface area contributed by atoms with Crippen LogP contribution >= 0.6 is 0 Å². The summed E-state index contributed by atoms with van der Waals surface area (Å²) in [5.41, 5.74) is 3.04. The number of nitrogens with one attached hydrogen (secondary N) is 3. The zero-order valence-corrected chi connectivity index (χ0v) is 20.2. The van der Waals surface area contributed by atoms with E-state index in [1.54, 1.807) is 20.3 Å². The zero-order chi connectivity index (χ0) is 24.3. The number of anilines is 3. The van der Waals surface area contributed by atoms with Gasteiger partial charge in [0.1, 0.15) is 5.75 Å². The number of amides is 3. The highest BCUT2D eigenvalue weighted by molar-refractivity contribution is 6.02. The first kappa shape index (κ1) is 25.2. The fourth-order valence-electron chi connectivity index (χ4n) is 4.00. The smallest absolute Gasteiger partial charge is 0.319 e. The van der Waals surface area contributed by atoms with Gasteiger partial charge in [-0.05, 0) is 43.7 Å². The van der Waals surface area contributed by atoms with E-state index in [4.69, 9.17) is 9.47 Å². The van der Waals surface area contributed by atoms with Crippen LogP contribution in [-0.2, 0) is 4.74 Å². The molecule has 34 heavy (non-hydrogen) atoms. The van der Waals surface area contributed by atoms with E-state index >= 15 is 0 Å². The van der Waals surface area contributed by atoms with Crippen LogP contribution in [0.15, 0.2) is 42.5 Å². The number of ether oxygens (including phenoxy) is 2. The number of rotatable bonds is 10. The van der Waals surface area contributed by atoms with Gasteiger partial charge in [0.15, 0.2) is 0 Å². The molecule has 0 unspecified atom stereocenters. The lowest BCUT2D eigenvalue weighted by Gasteiger charge is -2.38. The molecule has 0 aliphatic carbocycles. The van der Waals surface area contributed by atoms with Gasteiger partial charge >= 0.3 is 6.03 Å². The molecule has 2 aromatic rings. The van der Waals surface area contributed by atoms with Crippen molar-refractivity contribution >= 4 is 29.0 Å². The first-order valence-electron chi connectivity index (χ1n) is 11.7. The molecule has 0 saturated carbocycles. The van der Waals surface area contributed by atoms with Crippen molar-refractivity contribution in [2.24, 2.45) is 0 Å². The van der Waals surface area contributed by atoms with Crippen molar-refractivity contribution in [3.63, 3.8) is 0 Å². The molecule has 3 N–H and O–H groups in total. The van der Waals surface area contributed by atoms with Crippen LogP contribution in [0.4, 0.5) is 21.9 Å². The van der Waals surface area contributed by atoms with E-state index in [2.05, 4.69) is 31.8 Å². The number of nitrogens with zero attached hydrogens (tertiary/aromatic N) is 2. The summed E-state index contributed by atoms with van der Waals surface area (Å²) >= 11 is 0. The van der Waals surface area contributed by atoms with Crippen LogP contribution in [0.25, 0.3) is 0 Å². The van der Waals surface area contributed by atoms with E-state index in [0.29, 0.717) is 30.9 Å². The number of hydrogen-bond donors (Lipinski definition) is 3. The monoisotopic (exact) mass is 469 g/mol. The van der Waals surface area contributed by atoms with Crippen molar-refractivity contribution in [3.05, 3.63) is 48.0 Å². The third kappa shape index (κ3) is 6.54. The molecule has 3 amide bonds. The molecule has 0 aromatic heterocycles. The summed E-state index contributed by atoms with van der Waals surface area (Å²) in [5, 5.41) is 8.47. The average Bonchev–Trinajstić information content (AvgIpc) is 2.86. The fourth-order valence-corrected chi connectivity index (χ4v) is 4.00. The van der Waals surface area contributed by atoms with Crippen molar-refractivity contribution in [1.29, 1.82) is 0 Å². The van der Waals surface area contributed by atoms with Crippen LogP contribution in [-0.4, -0.2) is 72.0 Å². The Hall–Kier alpha value is -3.46. The molecule has 9 heteroatoms. The molecule has 9 nitrogen and oxygen atoms in total. The summed E-state index contributed by atoms with van der Waals surface area (Å²) < 4.78 is 10.6. The van der Waals surface area contributed by atoms with Crippen LogP contribution in [0.3, 0.4) is 0 Å². The van der Waals surface area contributed by atoms with Crippen LogP contribution in [0.5, 0.6) is 5.75 Å². The molecule has 3 rings (SSSR count). The van der Waals surface area contributed by atoms with E-state index in [1.165, 1.54) is 0 Å². The first-order chi connectivity index (χ1) is 16.6. The van der Waals surface area contributed by atoms with Crippen molar-refractivity contribution < 1.29 is 19.1 Å². The Bertz CT molecular complexity index is 960. The second kappa shape index (κ2) is 12.7. The first-order valence-corrected chi connectivity index (χ1v) is 11.7. The summed E-state index contributed by atoms with van der Waals surface area (Å²) in [6, 6.07) is 13.2. The van der Waals surface area contributed by atoms with Gasteiger partial charge in [-0.25, -0.2) is 4.79 Å². The molecule has 0 bridgehead atoms. The lowest BCUT2D eigenvalue weighted by molar-refractivity contribution is 0.0949. The summed E-state index contributed by atoms with van der Waals surface area (Å²) in [5.74, 6) is 0.686. The Labute approximate surface area is 201 Å². The number of benzene rings is 2. The predicted octanol–water partition coefficient (Wildman–Crippen LogP) is 2.93. The SMILES string of the molecule is CCNC(=O)Nc1ccc(N2CCN(c3ccccc3OC)CC2)c(C(=O)NCCCOC)c1. The maximum Gasteiger partial charge on any atom is 0.319 e. The summed E-state index contributed by atoms with van der Waals surface area (Å²) in [4.78, 5) is 29.6. The van der Waals surface area contributed by atoms with Gasteiger partial charge in [0.2, 0.25) is 0 Å².